The fourth-order valence-corrected chi connectivity index (χ4v) is 2.63. The molecule has 0 bridgehead atoms. The van der Waals surface area contributed by atoms with E-state index in [1.165, 1.54) is 0 Å². The van der Waals surface area contributed by atoms with Crippen LogP contribution in [0.3, 0.4) is 0 Å². The average Bonchev–Trinajstić information content (AvgIpc) is 2.39. The van der Waals surface area contributed by atoms with Crippen molar-refractivity contribution < 1.29 is 9.84 Å². The predicted octanol–water partition coefficient (Wildman–Crippen LogP) is 1.51. The maximum atomic E-state index is 10.4. The van der Waals surface area contributed by atoms with E-state index in [4.69, 9.17) is 16.3 Å². The zero-order valence-corrected chi connectivity index (χ0v) is 12.7. The first-order valence-corrected chi connectivity index (χ1v) is 7.41. The molecular formula is C15H23ClN2O2. The number of nitrogens with zero attached hydrogens (tertiary/aromatic N) is 1. The molecule has 0 radical (unpaired) electrons. The van der Waals surface area contributed by atoms with E-state index in [9.17, 15) is 5.11 Å². The minimum Gasteiger partial charge on any atom is -0.388 e. The van der Waals surface area contributed by atoms with Crippen molar-refractivity contribution in [3.8, 4) is 0 Å². The molecular weight excluding hydrogens is 276 g/mol. The third kappa shape index (κ3) is 5.38. The summed E-state index contributed by atoms with van der Waals surface area (Å²) in [5.41, 5.74) is 0.385. The van der Waals surface area contributed by atoms with Crippen LogP contribution in [0.4, 0.5) is 0 Å². The van der Waals surface area contributed by atoms with Crippen LogP contribution in [0.15, 0.2) is 24.3 Å². The molecule has 2 rings (SSSR count). The lowest BCUT2D eigenvalue weighted by molar-refractivity contribution is -0.0219. The average molecular weight is 299 g/mol. The molecule has 1 saturated heterocycles. The molecule has 1 unspecified atom stereocenters. The molecule has 112 valence electrons. The summed E-state index contributed by atoms with van der Waals surface area (Å²) in [7, 11) is 0. The van der Waals surface area contributed by atoms with E-state index in [1.54, 1.807) is 0 Å². The van der Waals surface area contributed by atoms with Gasteiger partial charge in [0.05, 0.1) is 18.8 Å². The van der Waals surface area contributed by atoms with E-state index >= 15 is 0 Å². The van der Waals surface area contributed by atoms with Crippen LogP contribution < -0.4 is 5.32 Å². The van der Waals surface area contributed by atoms with Gasteiger partial charge in [0.1, 0.15) is 0 Å². The van der Waals surface area contributed by atoms with Crippen LogP contribution in [0.25, 0.3) is 0 Å². The molecule has 0 spiro atoms. The maximum Gasteiger partial charge on any atom is 0.0869 e. The van der Waals surface area contributed by atoms with Crippen molar-refractivity contribution in [3.05, 3.63) is 34.9 Å². The fourth-order valence-electron chi connectivity index (χ4n) is 2.42. The van der Waals surface area contributed by atoms with Crippen molar-refractivity contribution >= 4 is 11.6 Å². The molecule has 0 amide bonds. The molecule has 5 heteroatoms. The second-order valence-electron chi connectivity index (χ2n) is 5.62. The number of hydrogen-bond acceptors (Lipinski definition) is 4. The number of hydrogen-bond donors (Lipinski definition) is 2. The minimum absolute atomic E-state index is 0.552. The highest BCUT2D eigenvalue weighted by molar-refractivity contribution is 6.30. The third-order valence-corrected chi connectivity index (χ3v) is 3.63. The Labute approximate surface area is 125 Å². The van der Waals surface area contributed by atoms with Gasteiger partial charge in [-0.15, -0.1) is 0 Å². The van der Waals surface area contributed by atoms with E-state index in [1.807, 2.05) is 31.2 Å². The summed E-state index contributed by atoms with van der Waals surface area (Å²) in [4.78, 5) is 2.24. The Morgan fingerprint density at radius 3 is 2.85 bits per heavy atom. The molecule has 1 aromatic carbocycles. The Bertz CT molecular complexity index is 420. The normalized spacial score (nSPS) is 19.8. The Morgan fingerprint density at radius 1 is 1.40 bits per heavy atom. The number of nitrogens with one attached hydrogen (secondary N) is 1. The van der Waals surface area contributed by atoms with Gasteiger partial charge in [0.2, 0.25) is 0 Å². The summed E-state index contributed by atoms with van der Waals surface area (Å²) in [6.45, 7) is 7.09. The molecule has 2 N–H and O–H groups in total. The quantitative estimate of drug-likeness (QED) is 0.836. The van der Waals surface area contributed by atoms with Crippen molar-refractivity contribution in [1.29, 1.82) is 0 Å². The molecule has 1 atom stereocenters. The standard InChI is InChI=1S/C15H23ClN2O2/c1-15(19,12-18-5-7-20-8-6-18)11-17-10-13-3-2-4-14(16)9-13/h2-4,9,17,19H,5-8,10-12H2,1H3. The highest BCUT2D eigenvalue weighted by atomic mass is 35.5. The van der Waals surface area contributed by atoms with Gasteiger partial charge < -0.3 is 15.2 Å². The van der Waals surface area contributed by atoms with Crippen LogP contribution in [0, 0.1) is 0 Å². The number of aliphatic hydroxyl groups is 1. The molecule has 4 nitrogen and oxygen atoms in total. The van der Waals surface area contributed by atoms with Crippen molar-refractivity contribution in [2.45, 2.75) is 19.1 Å². The molecule has 1 aromatic rings. The van der Waals surface area contributed by atoms with Crippen LogP contribution in [-0.4, -0.2) is 55.0 Å². The van der Waals surface area contributed by atoms with Gasteiger partial charge in [0.15, 0.2) is 0 Å². The molecule has 0 aromatic heterocycles. The van der Waals surface area contributed by atoms with E-state index in [0.29, 0.717) is 19.6 Å². The molecule has 20 heavy (non-hydrogen) atoms. The minimum atomic E-state index is -0.740. The zero-order valence-electron chi connectivity index (χ0n) is 11.9. The Hall–Kier alpha value is -0.650. The maximum absolute atomic E-state index is 10.4. The number of halogens is 1. The summed E-state index contributed by atoms with van der Waals surface area (Å²) in [5, 5.41) is 14.5. The lowest BCUT2D eigenvalue weighted by Crippen LogP contribution is -2.50. The van der Waals surface area contributed by atoms with Gasteiger partial charge >= 0.3 is 0 Å². The summed E-state index contributed by atoms with van der Waals surface area (Å²) >= 11 is 5.95. The van der Waals surface area contributed by atoms with E-state index in [2.05, 4.69) is 10.2 Å². The van der Waals surface area contributed by atoms with Crippen LogP contribution in [0.2, 0.25) is 5.02 Å². The highest BCUT2D eigenvalue weighted by Crippen LogP contribution is 2.11. The first-order chi connectivity index (χ1) is 9.55. The van der Waals surface area contributed by atoms with Gasteiger partial charge in [-0.25, -0.2) is 0 Å². The van der Waals surface area contributed by atoms with Gasteiger partial charge in [0.25, 0.3) is 0 Å². The summed E-state index contributed by atoms with van der Waals surface area (Å²) in [6.07, 6.45) is 0. The fraction of sp³-hybridized carbons (Fsp3) is 0.600. The van der Waals surface area contributed by atoms with Gasteiger partial charge in [-0.05, 0) is 24.6 Å². The number of morpholine rings is 1. The summed E-state index contributed by atoms with van der Waals surface area (Å²) < 4.78 is 5.31. The van der Waals surface area contributed by atoms with Crippen LogP contribution in [-0.2, 0) is 11.3 Å². The Balaban J connectivity index is 1.74. The largest absolute Gasteiger partial charge is 0.388 e. The van der Waals surface area contributed by atoms with Gasteiger partial charge in [0, 0.05) is 37.7 Å². The molecule has 1 aliphatic heterocycles. The van der Waals surface area contributed by atoms with E-state index in [-0.39, 0.29) is 0 Å². The summed E-state index contributed by atoms with van der Waals surface area (Å²) in [6, 6.07) is 7.76. The Morgan fingerprint density at radius 2 is 2.15 bits per heavy atom. The van der Waals surface area contributed by atoms with Crippen molar-refractivity contribution in [3.63, 3.8) is 0 Å². The lowest BCUT2D eigenvalue weighted by Gasteiger charge is -2.34. The van der Waals surface area contributed by atoms with Crippen LogP contribution in [0.5, 0.6) is 0 Å². The highest BCUT2D eigenvalue weighted by Gasteiger charge is 2.24. The van der Waals surface area contributed by atoms with Gasteiger partial charge in [-0.1, -0.05) is 23.7 Å². The lowest BCUT2D eigenvalue weighted by atomic mass is 10.1. The van der Waals surface area contributed by atoms with Crippen LogP contribution >= 0.6 is 11.6 Å². The van der Waals surface area contributed by atoms with Gasteiger partial charge in [-0.2, -0.15) is 0 Å². The monoisotopic (exact) mass is 298 g/mol. The van der Waals surface area contributed by atoms with Crippen molar-refractivity contribution in [2.75, 3.05) is 39.4 Å². The Kier molecular flexibility index (Phi) is 5.81. The zero-order chi connectivity index (χ0) is 14.4. The third-order valence-electron chi connectivity index (χ3n) is 3.39. The number of benzene rings is 1. The number of β-amino-alcohol motifs (C(OH)–C–C–N with tert-alkyl or cyclic N) is 1. The molecule has 0 aliphatic carbocycles. The topological polar surface area (TPSA) is 44.7 Å². The molecule has 0 saturated carbocycles. The van der Waals surface area contributed by atoms with Crippen molar-refractivity contribution in [2.24, 2.45) is 0 Å². The molecule has 1 fully saturated rings. The first-order valence-electron chi connectivity index (χ1n) is 7.03. The first kappa shape index (κ1) is 15.7. The number of rotatable bonds is 6. The second kappa shape index (κ2) is 7.38. The predicted molar refractivity (Wildman–Crippen MR) is 81.0 cm³/mol. The van der Waals surface area contributed by atoms with Crippen LogP contribution in [0.1, 0.15) is 12.5 Å². The second-order valence-corrected chi connectivity index (χ2v) is 6.06. The molecule has 1 heterocycles. The van der Waals surface area contributed by atoms with E-state index < -0.39 is 5.60 Å². The molecule has 1 aliphatic rings. The van der Waals surface area contributed by atoms with Crippen molar-refractivity contribution in [1.82, 2.24) is 10.2 Å². The number of ether oxygens (including phenoxy) is 1. The SMILES string of the molecule is CC(O)(CNCc1cccc(Cl)c1)CN1CCOCC1. The van der Waals surface area contributed by atoms with E-state index in [0.717, 1.165) is 36.9 Å². The smallest absolute Gasteiger partial charge is 0.0869 e. The summed E-state index contributed by atoms with van der Waals surface area (Å²) in [5.74, 6) is 0. The van der Waals surface area contributed by atoms with Gasteiger partial charge in [-0.3, -0.25) is 4.90 Å².